The lowest BCUT2D eigenvalue weighted by Gasteiger charge is -2.56. The molecule has 6 bridgehead atoms. The molecule has 6 aliphatic carbocycles. The van der Waals surface area contributed by atoms with Gasteiger partial charge in [-0.3, -0.25) is 14.4 Å². The van der Waals surface area contributed by atoms with Crippen molar-refractivity contribution in [2.45, 2.75) is 198 Å². The average Bonchev–Trinajstić information content (AvgIpc) is 3.56. The highest BCUT2D eigenvalue weighted by Gasteiger charge is 2.80. The fourth-order valence-electron chi connectivity index (χ4n) is 10.8. The minimum atomic E-state index is -5.74. The Kier molecular flexibility index (Phi) is 16.3. The van der Waals surface area contributed by atoms with Gasteiger partial charge >= 0.3 is 36.4 Å². The van der Waals surface area contributed by atoms with E-state index in [4.69, 9.17) is 18.9 Å². The summed E-state index contributed by atoms with van der Waals surface area (Å²) < 4.78 is 156. The second-order valence-corrected chi connectivity index (χ2v) is 17.6. The topological polar surface area (TPSA) is 88.1 Å². The van der Waals surface area contributed by atoms with Gasteiger partial charge in [0.05, 0.1) is 12.2 Å². The normalized spacial score (nSPS) is 34.6. The van der Waals surface area contributed by atoms with Crippen LogP contribution in [0.4, 0.5) is 39.5 Å². The maximum Gasteiger partial charge on any atom is 0.405 e. The number of fused-ring (bicyclic) bond motifs is 1. The van der Waals surface area contributed by atoms with Gasteiger partial charge in [-0.05, 0) is 122 Å². The molecule has 338 valence electrons. The van der Waals surface area contributed by atoms with Crippen molar-refractivity contribution in [3.8, 4) is 0 Å². The number of hydrogen-bond acceptors (Lipinski definition) is 7. The van der Waals surface area contributed by atoms with Gasteiger partial charge in [0.2, 0.25) is 0 Å². The first-order valence-electron chi connectivity index (χ1n) is 17.7. The van der Waals surface area contributed by atoms with Crippen molar-refractivity contribution in [2.75, 3.05) is 0 Å². The van der Waals surface area contributed by atoms with E-state index in [1.165, 1.54) is 27.7 Å². The molecule has 8 unspecified atom stereocenters. The van der Waals surface area contributed by atoms with Crippen LogP contribution in [0.2, 0.25) is 0 Å². The maximum atomic E-state index is 15.6. The zero-order valence-corrected chi connectivity index (χ0v) is 29.2. The number of rotatable bonds is 10. The highest BCUT2D eigenvalue weighted by Crippen LogP contribution is 2.68. The van der Waals surface area contributed by atoms with Crippen LogP contribution in [0.1, 0.15) is 150 Å². The van der Waals surface area contributed by atoms with Gasteiger partial charge in [0.25, 0.3) is 0 Å². The standard InChI is InChI=1S/C35H45F9O7.6CH4/c1-6-21(48-23-20-10-22-24(23)49-27(47)32(22,14-20)35(42,43)44)15-31(34(39,40)41,26(46)50-28(2,3)4)16-29(5,33(36,37)38)25(45)51-30-11-17-7-18(12-30)9-19(8-17)13-30;;;;;;/h17-24H,6-16H2,1-5H3;6*1H4. The molecule has 0 N–H and O–H groups in total. The predicted octanol–water partition coefficient (Wildman–Crippen LogP) is 12.2. The lowest BCUT2D eigenvalue weighted by molar-refractivity contribution is -0.286. The monoisotopic (exact) mass is 844 g/mol. The molecule has 0 amide bonds. The van der Waals surface area contributed by atoms with Crippen LogP contribution < -0.4 is 0 Å². The Balaban J connectivity index is 0.00000523. The third-order valence-corrected chi connectivity index (χ3v) is 12.8. The summed E-state index contributed by atoms with van der Waals surface area (Å²) in [5, 5.41) is 0. The van der Waals surface area contributed by atoms with Crippen molar-refractivity contribution in [2.24, 2.45) is 45.8 Å². The molecular weight excluding hydrogens is 775 g/mol. The average molecular weight is 845 g/mol. The Morgan fingerprint density at radius 3 is 1.65 bits per heavy atom. The summed E-state index contributed by atoms with van der Waals surface area (Å²) in [7, 11) is 0. The summed E-state index contributed by atoms with van der Waals surface area (Å²) in [6, 6.07) is 0. The van der Waals surface area contributed by atoms with Gasteiger partial charge in [0, 0.05) is 5.92 Å². The largest absolute Gasteiger partial charge is 0.459 e. The first-order chi connectivity index (χ1) is 23.2. The Labute approximate surface area is 334 Å². The van der Waals surface area contributed by atoms with Gasteiger partial charge in [-0.1, -0.05) is 51.5 Å². The van der Waals surface area contributed by atoms with Crippen molar-refractivity contribution in [1.82, 2.24) is 0 Å². The molecule has 16 heteroatoms. The quantitative estimate of drug-likeness (QED) is 0.123. The summed E-state index contributed by atoms with van der Waals surface area (Å²) in [4.78, 5) is 40.1. The van der Waals surface area contributed by atoms with Crippen molar-refractivity contribution >= 4 is 17.9 Å². The molecule has 1 saturated heterocycles. The molecule has 0 radical (unpaired) electrons. The number of alkyl halides is 9. The first-order valence-corrected chi connectivity index (χ1v) is 17.7. The van der Waals surface area contributed by atoms with Gasteiger partial charge in [0.1, 0.15) is 17.3 Å². The summed E-state index contributed by atoms with van der Waals surface area (Å²) in [6.07, 6.45) is -22.0. The van der Waals surface area contributed by atoms with E-state index in [9.17, 15) is 27.6 Å². The van der Waals surface area contributed by atoms with Gasteiger partial charge in [-0.25, -0.2) is 0 Å². The molecule has 7 nitrogen and oxygen atoms in total. The summed E-state index contributed by atoms with van der Waals surface area (Å²) in [5.74, 6) is -7.36. The van der Waals surface area contributed by atoms with E-state index in [0.717, 1.165) is 19.3 Å². The SMILES string of the molecule is C.C.C.C.C.C.CCC(CC(CC(C)(C(=O)OC12CC3CC(CC(C3)C1)C2)C(F)(F)F)(C(=O)OC(C)(C)C)C(F)(F)F)OC1C2CC3C1OC(=O)C3(C(F)(F)F)C2. The zero-order valence-electron chi connectivity index (χ0n) is 29.2. The van der Waals surface area contributed by atoms with E-state index in [0.29, 0.717) is 26.2 Å². The van der Waals surface area contributed by atoms with Crippen molar-refractivity contribution in [3.63, 3.8) is 0 Å². The fraction of sp³-hybridized carbons (Fsp3) is 0.927. The summed E-state index contributed by atoms with van der Waals surface area (Å²) in [5.41, 5.74) is -13.4. The summed E-state index contributed by atoms with van der Waals surface area (Å²) >= 11 is 0. The minimum absolute atomic E-state index is 0. The highest BCUT2D eigenvalue weighted by atomic mass is 19.4. The van der Waals surface area contributed by atoms with Crippen LogP contribution in [0.25, 0.3) is 0 Å². The van der Waals surface area contributed by atoms with Crippen LogP contribution in [0.15, 0.2) is 0 Å². The number of carbonyl (C=O) groups excluding carboxylic acids is 3. The van der Waals surface area contributed by atoms with Crippen LogP contribution in [0.5, 0.6) is 0 Å². The van der Waals surface area contributed by atoms with Crippen LogP contribution >= 0.6 is 0 Å². The van der Waals surface area contributed by atoms with Crippen molar-refractivity contribution < 1.29 is 72.8 Å². The second-order valence-electron chi connectivity index (χ2n) is 17.6. The lowest BCUT2D eigenvalue weighted by atomic mass is 9.54. The van der Waals surface area contributed by atoms with Gasteiger partial charge in [-0.2, -0.15) is 39.5 Å². The van der Waals surface area contributed by atoms with Crippen LogP contribution in [-0.2, 0) is 33.3 Å². The molecule has 1 heterocycles. The van der Waals surface area contributed by atoms with Crippen molar-refractivity contribution in [3.05, 3.63) is 0 Å². The van der Waals surface area contributed by atoms with E-state index in [2.05, 4.69) is 0 Å². The highest BCUT2D eigenvalue weighted by molar-refractivity contribution is 5.83. The molecule has 57 heavy (non-hydrogen) atoms. The smallest absolute Gasteiger partial charge is 0.405 e. The van der Waals surface area contributed by atoms with Crippen LogP contribution in [0.3, 0.4) is 0 Å². The third kappa shape index (κ3) is 8.82. The van der Waals surface area contributed by atoms with E-state index in [-0.39, 0.29) is 75.2 Å². The second kappa shape index (κ2) is 17.0. The van der Waals surface area contributed by atoms with Crippen LogP contribution in [-0.4, -0.2) is 66.0 Å². The minimum Gasteiger partial charge on any atom is -0.459 e. The lowest BCUT2D eigenvalue weighted by Crippen LogP contribution is -2.59. The molecule has 7 fully saturated rings. The van der Waals surface area contributed by atoms with E-state index in [1.807, 2.05) is 0 Å². The van der Waals surface area contributed by atoms with Gasteiger partial charge < -0.3 is 18.9 Å². The zero-order chi connectivity index (χ0) is 38.0. The fourth-order valence-corrected chi connectivity index (χ4v) is 10.8. The number of carbonyl (C=O) groups is 3. The third-order valence-electron chi connectivity index (χ3n) is 12.8. The molecule has 1 aliphatic heterocycles. The van der Waals surface area contributed by atoms with Gasteiger partial charge in [-0.15, -0.1) is 0 Å². The molecular formula is C41H69F9O7. The van der Waals surface area contributed by atoms with Crippen molar-refractivity contribution in [1.29, 1.82) is 0 Å². The maximum absolute atomic E-state index is 15.6. The summed E-state index contributed by atoms with van der Waals surface area (Å²) in [6.45, 7) is 5.37. The number of hydrogen-bond donors (Lipinski definition) is 0. The molecule has 6 saturated carbocycles. The van der Waals surface area contributed by atoms with E-state index >= 15 is 26.3 Å². The molecule has 0 aromatic heterocycles. The Hall–Kier alpha value is -2.26. The molecule has 0 aromatic carbocycles. The Bertz CT molecular complexity index is 1390. The first kappa shape index (κ1) is 54.7. The molecule has 7 aliphatic rings. The molecule has 8 atom stereocenters. The number of ether oxygens (including phenoxy) is 4. The Morgan fingerprint density at radius 2 is 1.25 bits per heavy atom. The number of esters is 3. The van der Waals surface area contributed by atoms with E-state index < -0.39 is 113 Å². The van der Waals surface area contributed by atoms with Crippen LogP contribution in [0, 0.1) is 45.8 Å². The molecule has 0 spiro atoms. The Morgan fingerprint density at radius 1 is 0.754 bits per heavy atom. The molecule has 7 rings (SSSR count). The predicted molar refractivity (Wildman–Crippen MR) is 199 cm³/mol. The number of halogens is 9. The molecule has 0 aromatic rings. The van der Waals surface area contributed by atoms with E-state index in [1.54, 1.807) is 0 Å². The van der Waals surface area contributed by atoms with Gasteiger partial charge in [0.15, 0.2) is 16.2 Å².